The molecule has 0 aliphatic heterocycles. The first-order chi connectivity index (χ1) is 5.86. The highest BCUT2D eigenvalue weighted by Gasteiger charge is 1.96. The fraction of sp³-hybridized carbons (Fsp3) is 0.222. The van der Waals surface area contributed by atoms with Gasteiger partial charge in [0.2, 0.25) is 6.41 Å². The highest BCUT2D eigenvalue weighted by Crippen LogP contribution is 2.08. The minimum atomic E-state index is 0.672. The van der Waals surface area contributed by atoms with Gasteiger partial charge in [-0.15, -0.1) is 0 Å². The molecule has 0 unspecified atom stereocenters. The first kappa shape index (κ1) is 8.59. The van der Waals surface area contributed by atoms with E-state index in [0.717, 1.165) is 17.9 Å². The maximum Gasteiger partial charge on any atom is 0.211 e. The molecule has 0 aromatic heterocycles. The van der Waals surface area contributed by atoms with Crippen molar-refractivity contribution in [2.75, 3.05) is 7.11 Å². The van der Waals surface area contributed by atoms with Crippen molar-refractivity contribution in [3.8, 4) is 0 Å². The van der Waals surface area contributed by atoms with Crippen molar-refractivity contribution in [1.82, 2.24) is 5.32 Å². The van der Waals surface area contributed by atoms with Gasteiger partial charge in [0.15, 0.2) is 0 Å². The number of nitrogens with one attached hydrogen (secondary N) is 1. The maximum absolute atomic E-state index is 10.1. The van der Waals surface area contributed by atoms with Gasteiger partial charge >= 0.3 is 0 Å². The second-order valence-electron chi connectivity index (χ2n) is 2.33. The maximum atomic E-state index is 10.1. The Bertz CT molecular complexity index is 251. The van der Waals surface area contributed by atoms with Gasteiger partial charge in [-0.2, -0.15) is 0 Å². The number of rotatable bonds is 3. The summed E-state index contributed by atoms with van der Waals surface area (Å²) in [6.07, 6.45) is 8.84. The smallest absolute Gasteiger partial charge is 0.211 e. The molecule has 3 heteroatoms. The summed E-state index contributed by atoms with van der Waals surface area (Å²) in [6.45, 7) is 0. The molecule has 0 heterocycles. The van der Waals surface area contributed by atoms with Crippen molar-refractivity contribution in [1.29, 1.82) is 0 Å². The molecule has 1 amide bonds. The summed E-state index contributed by atoms with van der Waals surface area (Å²) in [7, 11) is 1.61. The number of carbonyl (C=O) groups is 1. The molecule has 0 radical (unpaired) electrons. The zero-order valence-corrected chi connectivity index (χ0v) is 6.91. The van der Waals surface area contributed by atoms with Gasteiger partial charge in [0.05, 0.1) is 7.11 Å². The van der Waals surface area contributed by atoms with Crippen LogP contribution < -0.4 is 5.32 Å². The summed E-state index contributed by atoms with van der Waals surface area (Å²) >= 11 is 0. The monoisotopic (exact) mass is 165 g/mol. The third-order valence-corrected chi connectivity index (χ3v) is 1.55. The number of allylic oxidation sites excluding steroid dienone is 4. The van der Waals surface area contributed by atoms with Gasteiger partial charge in [0, 0.05) is 12.1 Å². The average molecular weight is 165 g/mol. The molecule has 1 aliphatic rings. The van der Waals surface area contributed by atoms with Gasteiger partial charge in [-0.05, 0) is 18.2 Å². The van der Waals surface area contributed by atoms with Crippen molar-refractivity contribution >= 4 is 6.41 Å². The van der Waals surface area contributed by atoms with Gasteiger partial charge in [-0.3, -0.25) is 4.79 Å². The number of hydrogen-bond donors (Lipinski definition) is 1. The fourth-order valence-electron chi connectivity index (χ4n) is 0.927. The molecule has 0 bridgehead atoms. The van der Waals surface area contributed by atoms with Gasteiger partial charge < -0.3 is 10.1 Å². The molecule has 0 fully saturated rings. The molecular formula is C9H11NO2. The number of carbonyl (C=O) groups excluding carboxylic acids is 1. The lowest BCUT2D eigenvalue weighted by Crippen LogP contribution is -2.08. The predicted octanol–water partition coefficient (Wildman–Crippen LogP) is 1.11. The van der Waals surface area contributed by atoms with E-state index in [9.17, 15) is 4.79 Å². The van der Waals surface area contributed by atoms with Crippen LogP contribution >= 0.6 is 0 Å². The molecule has 1 rings (SSSR count). The molecule has 0 aromatic rings. The SMILES string of the molecule is COC1=CC=C(NC=O)CC=C1. The summed E-state index contributed by atoms with van der Waals surface area (Å²) < 4.78 is 5.01. The Morgan fingerprint density at radius 3 is 3.08 bits per heavy atom. The number of ether oxygens (including phenoxy) is 1. The summed E-state index contributed by atoms with van der Waals surface area (Å²) in [6, 6.07) is 0. The van der Waals surface area contributed by atoms with Gasteiger partial charge in [0.25, 0.3) is 0 Å². The van der Waals surface area contributed by atoms with Crippen molar-refractivity contribution < 1.29 is 9.53 Å². The molecule has 1 N–H and O–H groups in total. The summed E-state index contributed by atoms with van der Waals surface area (Å²) in [5.41, 5.74) is 0.869. The fourth-order valence-corrected chi connectivity index (χ4v) is 0.927. The average Bonchev–Trinajstić information content (AvgIpc) is 2.31. The van der Waals surface area contributed by atoms with E-state index in [1.807, 2.05) is 24.3 Å². The Morgan fingerprint density at radius 2 is 2.42 bits per heavy atom. The van der Waals surface area contributed by atoms with Crippen LogP contribution in [0.5, 0.6) is 0 Å². The molecule has 3 nitrogen and oxygen atoms in total. The minimum absolute atomic E-state index is 0.672. The lowest BCUT2D eigenvalue weighted by Gasteiger charge is -1.97. The van der Waals surface area contributed by atoms with Crippen molar-refractivity contribution in [3.05, 3.63) is 35.8 Å². The molecule has 0 spiro atoms. The first-order valence-electron chi connectivity index (χ1n) is 3.68. The Hall–Kier alpha value is -1.51. The zero-order valence-electron chi connectivity index (χ0n) is 6.91. The van der Waals surface area contributed by atoms with Crippen LogP contribution in [0.2, 0.25) is 0 Å². The van der Waals surface area contributed by atoms with Crippen LogP contribution in [-0.2, 0) is 9.53 Å². The van der Waals surface area contributed by atoms with Gasteiger partial charge in [-0.1, -0.05) is 6.08 Å². The third-order valence-electron chi connectivity index (χ3n) is 1.55. The standard InChI is InChI=1S/C9H11NO2/c1-12-9-4-2-3-8(5-6-9)10-7-11/h2,4-7H,3H2,1H3,(H,10,11). The molecule has 0 atom stereocenters. The Labute approximate surface area is 71.4 Å². The first-order valence-corrected chi connectivity index (χ1v) is 3.68. The molecule has 12 heavy (non-hydrogen) atoms. The Kier molecular flexibility index (Phi) is 3.14. The van der Waals surface area contributed by atoms with E-state index in [0.29, 0.717) is 6.41 Å². The van der Waals surface area contributed by atoms with Crippen molar-refractivity contribution in [2.24, 2.45) is 0 Å². The van der Waals surface area contributed by atoms with Crippen LogP contribution in [-0.4, -0.2) is 13.5 Å². The topological polar surface area (TPSA) is 38.3 Å². The van der Waals surface area contributed by atoms with Crippen LogP contribution in [0.25, 0.3) is 0 Å². The van der Waals surface area contributed by atoms with Crippen LogP contribution in [0, 0.1) is 0 Å². The molecule has 64 valence electrons. The van der Waals surface area contributed by atoms with Crippen LogP contribution in [0.3, 0.4) is 0 Å². The molecular weight excluding hydrogens is 154 g/mol. The Balaban J connectivity index is 2.69. The highest BCUT2D eigenvalue weighted by atomic mass is 16.5. The predicted molar refractivity (Wildman–Crippen MR) is 46.1 cm³/mol. The quantitative estimate of drug-likeness (QED) is 0.636. The highest BCUT2D eigenvalue weighted by molar-refractivity contribution is 5.51. The molecule has 0 saturated carbocycles. The zero-order chi connectivity index (χ0) is 8.81. The van der Waals surface area contributed by atoms with E-state index < -0.39 is 0 Å². The number of amides is 1. The summed E-state index contributed by atoms with van der Waals surface area (Å²) in [5, 5.41) is 2.60. The molecule has 1 aliphatic carbocycles. The van der Waals surface area contributed by atoms with Gasteiger partial charge in [0.1, 0.15) is 5.76 Å². The van der Waals surface area contributed by atoms with Crippen molar-refractivity contribution in [2.45, 2.75) is 6.42 Å². The lowest BCUT2D eigenvalue weighted by atomic mass is 10.3. The van der Waals surface area contributed by atoms with Gasteiger partial charge in [-0.25, -0.2) is 0 Å². The lowest BCUT2D eigenvalue weighted by molar-refractivity contribution is -0.108. The van der Waals surface area contributed by atoms with E-state index in [4.69, 9.17) is 4.74 Å². The summed E-state index contributed by atoms with van der Waals surface area (Å²) in [5.74, 6) is 0.790. The van der Waals surface area contributed by atoms with E-state index in [1.54, 1.807) is 7.11 Å². The Morgan fingerprint density at radius 1 is 1.58 bits per heavy atom. The van der Waals surface area contributed by atoms with Crippen molar-refractivity contribution in [3.63, 3.8) is 0 Å². The van der Waals surface area contributed by atoms with E-state index in [-0.39, 0.29) is 0 Å². The number of hydrogen-bond acceptors (Lipinski definition) is 2. The second kappa shape index (κ2) is 4.38. The normalized spacial score (nSPS) is 15.8. The summed E-state index contributed by atoms with van der Waals surface area (Å²) in [4.78, 5) is 10.1. The van der Waals surface area contributed by atoms with E-state index in [1.165, 1.54) is 0 Å². The molecule has 0 aromatic carbocycles. The minimum Gasteiger partial charge on any atom is -0.497 e. The largest absolute Gasteiger partial charge is 0.497 e. The van der Waals surface area contributed by atoms with Crippen LogP contribution in [0.4, 0.5) is 0 Å². The van der Waals surface area contributed by atoms with E-state index in [2.05, 4.69) is 5.32 Å². The third kappa shape index (κ3) is 2.27. The van der Waals surface area contributed by atoms with Crippen LogP contribution in [0.1, 0.15) is 6.42 Å². The molecule has 0 saturated heterocycles. The van der Waals surface area contributed by atoms with Crippen LogP contribution in [0.15, 0.2) is 35.8 Å². The van der Waals surface area contributed by atoms with E-state index >= 15 is 0 Å². The second-order valence-corrected chi connectivity index (χ2v) is 2.33. The number of methoxy groups -OCH3 is 1.